The molecule has 0 aliphatic heterocycles. The van der Waals surface area contributed by atoms with Crippen molar-refractivity contribution in [3.8, 4) is 5.75 Å². The fourth-order valence-electron chi connectivity index (χ4n) is 1.82. The summed E-state index contributed by atoms with van der Waals surface area (Å²) in [5.74, 6) is 6.92. The van der Waals surface area contributed by atoms with Gasteiger partial charge in [-0.3, -0.25) is 0 Å². The van der Waals surface area contributed by atoms with E-state index in [1.54, 1.807) is 12.1 Å². The lowest BCUT2D eigenvalue weighted by Crippen LogP contribution is -2.32. The number of hydrogen-bond donors (Lipinski definition) is 1. The molecule has 1 aliphatic carbocycles. The zero-order valence-corrected chi connectivity index (χ0v) is 12.4. The van der Waals surface area contributed by atoms with E-state index in [2.05, 4.69) is 34.2 Å². The first-order valence-corrected chi connectivity index (χ1v) is 6.87. The van der Waals surface area contributed by atoms with Crippen LogP contribution in [0.1, 0.15) is 6.42 Å². The number of hydrogen-bond acceptors (Lipinski definition) is 3. The van der Waals surface area contributed by atoms with E-state index in [1.165, 1.54) is 5.57 Å². The van der Waals surface area contributed by atoms with Gasteiger partial charge in [-0.1, -0.05) is 34.2 Å². The van der Waals surface area contributed by atoms with Gasteiger partial charge in [0.05, 0.1) is 19.3 Å². The number of nitrogens with zero attached hydrogens (tertiary/aromatic N) is 1. The Morgan fingerprint density at radius 1 is 1.21 bits per heavy atom. The third kappa shape index (κ3) is 3.98. The second kappa shape index (κ2) is 6.59. The maximum absolute atomic E-state index is 6.09. The van der Waals surface area contributed by atoms with E-state index in [-0.39, 0.29) is 0 Å². The molecular weight excluding hydrogens is 304 g/mol. The van der Waals surface area contributed by atoms with E-state index in [4.69, 9.17) is 10.6 Å². The minimum Gasteiger partial charge on any atom is -0.497 e. The SMILES string of the molecule is COc1ccc(N(N)CC2=CCC=C(Br)C=C2)cc1. The van der Waals surface area contributed by atoms with Crippen LogP contribution < -0.4 is 15.6 Å². The fourth-order valence-corrected chi connectivity index (χ4v) is 2.14. The van der Waals surface area contributed by atoms with Crippen LogP contribution in [0.2, 0.25) is 0 Å². The van der Waals surface area contributed by atoms with Crippen molar-refractivity contribution in [2.45, 2.75) is 6.42 Å². The molecule has 0 radical (unpaired) electrons. The van der Waals surface area contributed by atoms with Crippen LogP contribution in [-0.2, 0) is 0 Å². The second-order valence-electron chi connectivity index (χ2n) is 4.26. The quantitative estimate of drug-likeness (QED) is 0.681. The molecule has 1 aromatic rings. The molecule has 0 amide bonds. The molecule has 0 aromatic heterocycles. The molecule has 0 bridgehead atoms. The topological polar surface area (TPSA) is 38.5 Å². The molecule has 0 spiro atoms. The Kier molecular flexibility index (Phi) is 4.82. The van der Waals surface area contributed by atoms with Gasteiger partial charge >= 0.3 is 0 Å². The first-order chi connectivity index (χ1) is 9.19. The lowest BCUT2D eigenvalue weighted by molar-refractivity contribution is 0.415. The summed E-state index contributed by atoms with van der Waals surface area (Å²) in [5, 5.41) is 1.73. The molecule has 0 saturated heterocycles. The molecule has 3 nitrogen and oxygen atoms in total. The summed E-state index contributed by atoms with van der Waals surface area (Å²) in [6.45, 7) is 0.678. The number of anilines is 1. The van der Waals surface area contributed by atoms with E-state index in [1.807, 2.05) is 30.3 Å². The summed E-state index contributed by atoms with van der Waals surface area (Å²) in [5.41, 5.74) is 2.16. The molecule has 2 N–H and O–H groups in total. The number of ether oxygens (including phenoxy) is 1. The number of nitrogens with two attached hydrogens (primary N) is 1. The summed E-state index contributed by atoms with van der Waals surface area (Å²) >= 11 is 3.47. The van der Waals surface area contributed by atoms with Crippen LogP contribution in [0.4, 0.5) is 5.69 Å². The first kappa shape index (κ1) is 13.9. The maximum atomic E-state index is 6.09. The average molecular weight is 321 g/mol. The van der Waals surface area contributed by atoms with Crippen molar-refractivity contribution in [3.63, 3.8) is 0 Å². The van der Waals surface area contributed by atoms with Gasteiger partial charge in [-0.2, -0.15) is 0 Å². The van der Waals surface area contributed by atoms with E-state index in [0.29, 0.717) is 6.54 Å². The van der Waals surface area contributed by atoms with Crippen molar-refractivity contribution >= 4 is 21.6 Å². The Morgan fingerprint density at radius 3 is 2.63 bits per heavy atom. The van der Waals surface area contributed by atoms with E-state index in [9.17, 15) is 0 Å². The number of rotatable bonds is 4. The molecular formula is C15H17BrN2O. The van der Waals surface area contributed by atoms with E-state index >= 15 is 0 Å². The molecule has 0 unspecified atom stereocenters. The van der Waals surface area contributed by atoms with Crippen molar-refractivity contribution in [3.05, 3.63) is 58.6 Å². The van der Waals surface area contributed by atoms with Crippen LogP contribution in [-0.4, -0.2) is 13.7 Å². The molecule has 4 heteroatoms. The summed E-state index contributed by atoms with van der Waals surface area (Å²) in [4.78, 5) is 0. The molecule has 19 heavy (non-hydrogen) atoms. The maximum Gasteiger partial charge on any atom is 0.119 e. The summed E-state index contributed by atoms with van der Waals surface area (Å²) in [6, 6.07) is 7.72. The molecule has 0 saturated carbocycles. The van der Waals surface area contributed by atoms with Crippen molar-refractivity contribution in [2.75, 3.05) is 18.7 Å². The summed E-state index contributed by atoms with van der Waals surface area (Å²) in [6.07, 6.45) is 9.34. The Morgan fingerprint density at radius 2 is 1.95 bits per heavy atom. The van der Waals surface area contributed by atoms with Crippen molar-refractivity contribution in [2.24, 2.45) is 5.84 Å². The van der Waals surface area contributed by atoms with Crippen molar-refractivity contribution < 1.29 is 4.74 Å². The highest BCUT2D eigenvalue weighted by molar-refractivity contribution is 9.11. The highest BCUT2D eigenvalue weighted by Gasteiger charge is 2.05. The molecule has 0 heterocycles. The molecule has 1 aromatic carbocycles. The predicted molar refractivity (Wildman–Crippen MR) is 83.4 cm³/mol. The Bertz CT molecular complexity index is 517. The van der Waals surface area contributed by atoms with Crippen LogP contribution in [0.5, 0.6) is 5.75 Å². The molecule has 0 fully saturated rings. The molecule has 100 valence electrons. The van der Waals surface area contributed by atoms with Gasteiger partial charge in [-0.15, -0.1) is 0 Å². The van der Waals surface area contributed by atoms with Gasteiger partial charge in [0, 0.05) is 4.48 Å². The summed E-state index contributed by atoms with van der Waals surface area (Å²) < 4.78 is 6.24. The normalized spacial score (nSPS) is 14.5. The molecule has 1 aliphatic rings. The second-order valence-corrected chi connectivity index (χ2v) is 5.18. The summed E-state index contributed by atoms with van der Waals surface area (Å²) in [7, 11) is 1.65. The Labute approximate surface area is 122 Å². The van der Waals surface area contributed by atoms with Crippen LogP contribution in [0.25, 0.3) is 0 Å². The van der Waals surface area contributed by atoms with Gasteiger partial charge in [-0.25, -0.2) is 5.84 Å². The van der Waals surface area contributed by atoms with E-state index in [0.717, 1.165) is 22.3 Å². The third-order valence-corrected chi connectivity index (χ3v) is 3.49. The molecule has 2 rings (SSSR count). The first-order valence-electron chi connectivity index (χ1n) is 6.08. The van der Waals surface area contributed by atoms with Crippen molar-refractivity contribution in [1.82, 2.24) is 0 Å². The van der Waals surface area contributed by atoms with Crippen LogP contribution in [0, 0.1) is 0 Å². The minimum absolute atomic E-state index is 0.678. The Balaban J connectivity index is 2.02. The number of benzene rings is 1. The zero-order chi connectivity index (χ0) is 13.7. The van der Waals surface area contributed by atoms with Crippen molar-refractivity contribution in [1.29, 1.82) is 0 Å². The van der Waals surface area contributed by atoms with Crippen LogP contribution >= 0.6 is 15.9 Å². The lowest BCUT2D eigenvalue weighted by atomic mass is 10.2. The van der Waals surface area contributed by atoms with Gasteiger partial charge in [0.2, 0.25) is 0 Å². The smallest absolute Gasteiger partial charge is 0.119 e. The number of methoxy groups -OCH3 is 1. The van der Waals surface area contributed by atoms with Gasteiger partial charge < -0.3 is 9.75 Å². The number of hydrazine groups is 1. The van der Waals surface area contributed by atoms with Crippen LogP contribution in [0.3, 0.4) is 0 Å². The number of allylic oxidation sites excluding steroid dienone is 4. The third-order valence-electron chi connectivity index (χ3n) is 2.91. The van der Waals surface area contributed by atoms with Gasteiger partial charge in [0.1, 0.15) is 5.75 Å². The largest absolute Gasteiger partial charge is 0.497 e. The lowest BCUT2D eigenvalue weighted by Gasteiger charge is -2.19. The highest BCUT2D eigenvalue weighted by atomic mass is 79.9. The monoisotopic (exact) mass is 320 g/mol. The highest BCUT2D eigenvalue weighted by Crippen LogP contribution is 2.20. The fraction of sp³-hybridized carbons (Fsp3) is 0.200. The van der Waals surface area contributed by atoms with Gasteiger partial charge in [-0.05, 0) is 42.3 Å². The minimum atomic E-state index is 0.678. The Hall–Kier alpha value is -1.52. The zero-order valence-electron chi connectivity index (χ0n) is 10.8. The standard InChI is InChI=1S/C15H17BrN2O/c1-19-15-9-7-14(8-10-15)18(17)11-12-3-2-4-13(16)6-5-12/h3-10H,2,11,17H2,1H3. The number of halogens is 1. The van der Waals surface area contributed by atoms with Gasteiger partial charge in [0.25, 0.3) is 0 Å². The average Bonchev–Trinajstić information content (AvgIpc) is 2.64. The van der Waals surface area contributed by atoms with Gasteiger partial charge in [0.15, 0.2) is 0 Å². The predicted octanol–water partition coefficient (Wildman–Crippen LogP) is 3.54. The van der Waals surface area contributed by atoms with Crippen LogP contribution in [0.15, 0.2) is 58.6 Å². The molecule has 0 atom stereocenters. The van der Waals surface area contributed by atoms with E-state index < -0.39 is 0 Å².